The van der Waals surface area contributed by atoms with Crippen molar-refractivity contribution in [2.24, 2.45) is 5.41 Å². The van der Waals surface area contributed by atoms with Gasteiger partial charge in [0.05, 0.1) is 53.0 Å². The minimum Gasteiger partial charge on any atom is -0.381 e. The zero-order valence-electron chi connectivity index (χ0n) is 25.3. The van der Waals surface area contributed by atoms with Crippen molar-refractivity contribution >= 4 is 7.82 Å². The van der Waals surface area contributed by atoms with Crippen LogP contribution in [0.4, 0.5) is 0 Å². The number of ether oxygens (including phenoxy) is 3. The number of hydrogen-bond acceptors (Lipinski definition) is 6. The fraction of sp³-hybridized carbons (Fsp3) is 1.00. The summed E-state index contributed by atoms with van der Waals surface area (Å²) in [7, 11) is 1.84. The molecule has 0 aliphatic carbocycles. The molecule has 1 unspecified atom stereocenters. The number of nitrogens with zero attached hydrogens (tertiary/aromatic N) is 1. The second-order valence-corrected chi connectivity index (χ2v) is 13.7. The lowest BCUT2D eigenvalue weighted by molar-refractivity contribution is -0.870. The van der Waals surface area contributed by atoms with Crippen molar-refractivity contribution in [3.8, 4) is 0 Å². The Balaban J connectivity index is 2.04. The van der Waals surface area contributed by atoms with Crippen LogP contribution in [0.5, 0.6) is 0 Å². The Morgan fingerprint density at radius 1 is 0.711 bits per heavy atom. The number of quaternary nitrogens is 1. The predicted octanol–water partition coefficient (Wildman–Crippen LogP) is 7.10. The van der Waals surface area contributed by atoms with Crippen molar-refractivity contribution in [2.75, 3.05) is 74.1 Å². The van der Waals surface area contributed by atoms with E-state index in [0.717, 1.165) is 6.42 Å². The van der Waals surface area contributed by atoms with E-state index >= 15 is 0 Å². The van der Waals surface area contributed by atoms with Gasteiger partial charge in [0.25, 0.3) is 0 Å². The number of unbranched alkanes of at least 4 members (excludes halogenated alkanes) is 15. The molecule has 1 fully saturated rings. The molecule has 1 heterocycles. The van der Waals surface area contributed by atoms with Gasteiger partial charge in [-0.3, -0.25) is 9.05 Å². The lowest BCUT2D eigenvalue weighted by Crippen LogP contribution is -2.45. The van der Waals surface area contributed by atoms with Crippen LogP contribution >= 0.6 is 7.82 Å². The molecule has 1 aliphatic heterocycles. The van der Waals surface area contributed by atoms with Gasteiger partial charge in [0.2, 0.25) is 0 Å². The Hall–Kier alpha value is -0.0500. The summed E-state index contributed by atoms with van der Waals surface area (Å²) in [6, 6.07) is 0. The molecular formula is C29H61NO7P+. The molecule has 9 heteroatoms. The summed E-state index contributed by atoms with van der Waals surface area (Å²) in [6.07, 6.45) is 21.5. The van der Waals surface area contributed by atoms with Gasteiger partial charge in [0, 0.05) is 6.61 Å². The molecule has 0 amide bonds. The molecule has 1 atom stereocenters. The molecule has 0 aromatic heterocycles. The average molecular weight is 567 g/mol. The van der Waals surface area contributed by atoms with Gasteiger partial charge in [-0.05, 0) is 6.42 Å². The Labute approximate surface area is 234 Å². The molecule has 0 saturated carbocycles. The Morgan fingerprint density at radius 2 is 1.18 bits per heavy atom. The summed E-state index contributed by atoms with van der Waals surface area (Å²) >= 11 is 0. The third-order valence-electron chi connectivity index (χ3n) is 7.08. The summed E-state index contributed by atoms with van der Waals surface area (Å²) in [4.78, 5) is 10.1. The summed E-state index contributed by atoms with van der Waals surface area (Å²) in [6.45, 7) is 5.00. The first kappa shape index (κ1) is 36.0. The molecule has 8 nitrogen and oxygen atoms in total. The molecule has 1 rings (SSSR count). The molecule has 1 saturated heterocycles. The number of phosphoric acid groups is 1. The summed E-state index contributed by atoms with van der Waals surface area (Å²) < 4.78 is 40.3. The maximum absolute atomic E-state index is 12.3. The van der Waals surface area contributed by atoms with Gasteiger partial charge < -0.3 is 23.6 Å². The van der Waals surface area contributed by atoms with E-state index in [1.165, 1.54) is 96.3 Å². The van der Waals surface area contributed by atoms with E-state index in [1.807, 2.05) is 21.1 Å². The Kier molecular flexibility index (Phi) is 20.5. The summed E-state index contributed by atoms with van der Waals surface area (Å²) in [5.74, 6) is 0. The van der Waals surface area contributed by atoms with E-state index in [2.05, 4.69) is 6.92 Å². The quantitative estimate of drug-likeness (QED) is 0.0679. The van der Waals surface area contributed by atoms with Crippen LogP contribution in [0, 0.1) is 5.41 Å². The fourth-order valence-electron chi connectivity index (χ4n) is 4.55. The first-order chi connectivity index (χ1) is 18.2. The van der Waals surface area contributed by atoms with Gasteiger partial charge in [-0.2, -0.15) is 0 Å². The summed E-state index contributed by atoms with van der Waals surface area (Å²) in [5, 5.41) is 0. The highest BCUT2D eigenvalue weighted by atomic mass is 31.2. The zero-order chi connectivity index (χ0) is 28.0. The minimum atomic E-state index is -4.14. The highest BCUT2D eigenvalue weighted by Crippen LogP contribution is 2.45. The van der Waals surface area contributed by atoms with Crippen molar-refractivity contribution in [3.05, 3.63) is 0 Å². The second kappa shape index (κ2) is 21.7. The Morgan fingerprint density at radius 3 is 1.66 bits per heavy atom. The standard InChI is InChI=1S/C29H60NO7P/c1-5-6-7-8-9-10-11-12-13-14-15-16-17-18-19-20-22-33-24-29(25-34-28-35-26-29)27-37-38(31,32)36-23-21-30(2,3)4/h5-28H2,1-4H3/p+1. The third-order valence-corrected chi connectivity index (χ3v) is 8.05. The maximum Gasteiger partial charge on any atom is 0.472 e. The first-order valence-electron chi connectivity index (χ1n) is 15.3. The molecule has 0 aromatic carbocycles. The molecule has 0 radical (unpaired) electrons. The van der Waals surface area contributed by atoms with Gasteiger partial charge >= 0.3 is 7.82 Å². The monoisotopic (exact) mass is 566 g/mol. The topological polar surface area (TPSA) is 83.5 Å². The Bertz CT molecular complexity index is 594. The third kappa shape index (κ3) is 20.8. The van der Waals surface area contributed by atoms with E-state index in [9.17, 15) is 9.46 Å². The predicted molar refractivity (Wildman–Crippen MR) is 154 cm³/mol. The SMILES string of the molecule is CCCCCCCCCCCCCCCCCCOCC1(COP(=O)(O)OCC[N+](C)(C)C)COCOC1. The molecule has 0 bridgehead atoms. The normalized spacial score (nSPS) is 17.5. The molecule has 1 aliphatic rings. The molecule has 1 N–H and O–H groups in total. The first-order valence-corrected chi connectivity index (χ1v) is 16.8. The smallest absolute Gasteiger partial charge is 0.381 e. The maximum atomic E-state index is 12.3. The highest BCUT2D eigenvalue weighted by molar-refractivity contribution is 7.47. The van der Waals surface area contributed by atoms with E-state index < -0.39 is 13.2 Å². The number of phosphoric ester groups is 1. The van der Waals surface area contributed by atoms with Gasteiger partial charge in [-0.1, -0.05) is 103 Å². The van der Waals surface area contributed by atoms with Crippen LogP contribution < -0.4 is 0 Å². The molecule has 38 heavy (non-hydrogen) atoms. The van der Waals surface area contributed by atoms with Gasteiger partial charge in [0.15, 0.2) is 0 Å². The molecule has 228 valence electrons. The van der Waals surface area contributed by atoms with Crippen LogP contribution in [-0.4, -0.2) is 83.5 Å². The largest absolute Gasteiger partial charge is 0.472 e. The number of rotatable bonds is 26. The highest BCUT2D eigenvalue weighted by Gasteiger charge is 2.38. The van der Waals surface area contributed by atoms with E-state index in [1.54, 1.807) is 0 Å². The van der Waals surface area contributed by atoms with Crippen molar-refractivity contribution in [1.82, 2.24) is 0 Å². The molecular weight excluding hydrogens is 505 g/mol. The van der Waals surface area contributed by atoms with E-state index in [0.29, 0.717) is 37.5 Å². The fourth-order valence-corrected chi connectivity index (χ4v) is 5.38. The van der Waals surface area contributed by atoms with Crippen molar-refractivity contribution in [1.29, 1.82) is 0 Å². The van der Waals surface area contributed by atoms with Crippen LogP contribution in [-0.2, 0) is 27.8 Å². The van der Waals surface area contributed by atoms with Crippen LogP contribution in [0.1, 0.15) is 110 Å². The molecule has 0 spiro atoms. The van der Waals surface area contributed by atoms with Crippen molar-refractivity contribution in [3.63, 3.8) is 0 Å². The number of likely N-dealkylation sites (N-methyl/N-ethyl adjacent to an activating group) is 1. The minimum absolute atomic E-state index is 0.00981. The van der Waals surface area contributed by atoms with Gasteiger partial charge in [-0.25, -0.2) is 4.57 Å². The lowest BCUT2D eigenvalue weighted by atomic mass is 9.92. The van der Waals surface area contributed by atoms with E-state index in [-0.39, 0.29) is 20.0 Å². The van der Waals surface area contributed by atoms with Crippen LogP contribution in [0.15, 0.2) is 0 Å². The zero-order valence-corrected chi connectivity index (χ0v) is 26.2. The van der Waals surface area contributed by atoms with Crippen LogP contribution in [0.3, 0.4) is 0 Å². The molecule has 0 aromatic rings. The van der Waals surface area contributed by atoms with Crippen LogP contribution in [0.2, 0.25) is 0 Å². The summed E-state index contributed by atoms with van der Waals surface area (Å²) in [5.41, 5.74) is -0.602. The van der Waals surface area contributed by atoms with Gasteiger partial charge in [-0.15, -0.1) is 0 Å². The number of hydrogen-bond donors (Lipinski definition) is 1. The van der Waals surface area contributed by atoms with Crippen molar-refractivity contribution < 1.29 is 37.2 Å². The van der Waals surface area contributed by atoms with Crippen LogP contribution in [0.25, 0.3) is 0 Å². The van der Waals surface area contributed by atoms with Gasteiger partial charge in [0.1, 0.15) is 19.9 Å². The van der Waals surface area contributed by atoms with Crippen molar-refractivity contribution in [2.45, 2.75) is 110 Å². The average Bonchev–Trinajstić information content (AvgIpc) is 2.87. The van der Waals surface area contributed by atoms with E-state index in [4.69, 9.17) is 23.3 Å². The second-order valence-electron chi connectivity index (χ2n) is 12.3. The lowest BCUT2D eigenvalue weighted by Gasteiger charge is -2.36.